The predicted molar refractivity (Wildman–Crippen MR) is 79.6 cm³/mol. The molecule has 0 heterocycles. The number of hydrogen-bond donors (Lipinski definition) is 0. The van der Waals surface area contributed by atoms with E-state index < -0.39 is 10.1 Å². The zero-order chi connectivity index (χ0) is 14.9. The van der Waals surface area contributed by atoms with Gasteiger partial charge in [0.15, 0.2) is 0 Å². The summed E-state index contributed by atoms with van der Waals surface area (Å²) in [6.07, 6.45) is 0. The second-order valence-electron chi connectivity index (χ2n) is 4.94. The molecule has 0 bridgehead atoms. The van der Waals surface area contributed by atoms with Gasteiger partial charge in [-0.15, -0.1) is 0 Å². The van der Waals surface area contributed by atoms with Crippen molar-refractivity contribution in [3.8, 4) is 5.75 Å². The maximum atomic E-state index is 12.5. The zero-order valence-corrected chi connectivity index (χ0v) is 12.9. The van der Waals surface area contributed by atoms with E-state index in [9.17, 15) is 8.42 Å². The summed E-state index contributed by atoms with van der Waals surface area (Å²) in [7, 11) is -3.82. The van der Waals surface area contributed by atoms with Crippen LogP contribution in [-0.2, 0) is 10.1 Å². The molecule has 0 atom stereocenters. The molecule has 2 rings (SSSR count). The minimum atomic E-state index is -3.82. The first-order valence-corrected chi connectivity index (χ1v) is 7.80. The average molecular weight is 290 g/mol. The van der Waals surface area contributed by atoms with Crippen LogP contribution in [0.1, 0.15) is 22.3 Å². The third-order valence-corrected chi connectivity index (χ3v) is 5.02. The standard InChI is InChI=1S/C16H18O3S/c1-11-10-12(2)14(4)16(13(11)3)20(17,18)19-15-8-6-5-7-9-15/h5-10H,1-4H3. The lowest BCUT2D eigenvalue weighted by molar-refractivity contribution is 0.484. The summed E-state index contributed by atoms with van der Waals surface area (Å²) < 4.78 is 30.3. The molecule has 3 nitrogen and oxygen atoms in total. The highest BCUT2D eigenvalue weighted by atomic mass is 32.2. The van der Waals surface area contributed by atoms with Crippen LogP contribution in [0.5, 0.6) is 5.75 Å². The molecule has 0 fully saturated rings. The van der Waals surface area contributed by atoms with Crippen LogP contribution < -0.4 is 4.18 Å². The Kier molecular flexibility index (Phi) is 3.86. The second kappa shape index (κ2) is 5.29. The van der Waals surface area contributed by atoms with Gasteiger partial charge in [-0.25, -0.2) is 0 Å². The molecule has 0 saturated heterocycles. The van der Waals surface area contributed by atoms with Crippen molar-refractivity contribution in [3.63, 3.8) is 0 Å². The molecular weight excluding hydrogens is 272 g/mol. The molecule has 0 aliphatic carbocycles. The number of hydrogen-bond acceptors (Lipinski definition) is 3. The van der Waals surface area contributed by atoms with E-state index >= 15 is 0 Å². The van der Waals surface area contributed by atoms with Crippen LogP contribution in [-0.4, -0.2) is 8.42 Å². The topological polar surface area (TPSA) is 43.4 Å². The molecule has 0 unspecified atom stereocenters. The fourth-order valence-corrected chi connectivity index (χ4v) is 3.72. The van der Waals surface area contributed by atoms with Crippen LogP contribution in [0.4, 0.5) is 0 Å². The number of para-hydroxylation sites is 1. The normalized spacial score (nSPS) is 11.4. The fourth-order valence-electron chi connectivity index (χ4n) is 2.20. The van der Waals surface area contributed by atoms with Crippen LogP contribution in [0.15, 0.2) is 41.3 Å². The molecule has 4 heteroatoms. The van der Waals surface area contributed by atoms with E-state index in [1.807, 2.05) is 39.8 Å². The van der Waals surface area contributed by atoms with Crippen molar-refractivity contribution in [2.24, 2.45) is 0 Å². The van der Waals surface area contributed by atoms with Gasteiger partial charge in [-0.2, -0.15) is 8.42 Å². The molecule has 0 aromatic heterocycles. The van der Waals surface area contributed by atoms with Gasteiger partial charge in [-0.05, 0) is 62.1 Å². The molecule has 0 amide bonds. The van der Waals surface area contributed by atoms with Crippen molar-refractivity contribution < 1.29 is 12.6 Å². The van der Waals surface area contributed by atoms with Crippen molar-refractivity contribution in [3.05, 3.63) is 58.7 Å². The van der Waals surface area contributed by atoms with E-state index in [0.717, 1.165) is 22.3 Å². The second-order valence-corrected chi connectivity index (χ2v) is 6.42. The summed E-state index contributed by atoms with van der Waals surface area (Å²) in [6.45, 7) is 7.43. The van der Waals surface area contributed by atoms with Gasteiger partial charge in [0, 0.05) is 0 Å². The van der Waals surface area contributed by atoms with Gasteiger partial charge in [0.05, 0.1) is 0 Å². The first-order valence-electron chi connectivity index (χ1n) is 6.40. The van der Waals surface area contributed by atoms with E-state index in [-0.39, 0.29) is 4.90 Å². The fraction of sp³-hybridized carbons (Fsp3) is 0.250. The van der Waals surface area contributed by atoms with E-state index in [0.29, 0.717) is 5.75 Å². The summed E-state index contributed by atoms with van der Waals surface area (Å²) in [5.41, 5.74) is 3.37. The Hall–Kier alpha value is -1.81. The highest BCUT2D eigenvalue weighted by molar-refractivity contribution is 7.87. The molecule has 0 aliphatic heterocycles. The first-order chi connectivity index (χ1) is 9.33. The lowest BCUT2D eigenvalue weighted by Gasteiger charge is -2.15. The van der Waals surface area contributed by atoms with Crippen molar-refractivity contribution in [1.82, 2.24) is 0 Å². The third kappa shape index (κ3) is 2.70. The Morgan fingerprint density at radius 1 is 0.850 bits per heavy atom. The molecule has 2 aromatic rings. The van der Waals surface area contributed by atoms with E-state index in [4.69, 9.17) is 4.18 Å². The largest absolute Gasteiger partial charge is 0.379 e. The maximum absolute atomic E-state index is 12.5. The SMILES string of the molecule is Cc1cc(C)c(C)c(S(=O)(=O)Oc2ccccc2)c1C. The van der Waals surface area contributed by atoms with Gasteiger partial charge in [-0.3, -0.25) is 0 Å². The van der Waals surface area contributed by atoms with E-state index in [1.54, 1.807) is 24.3 Å². The smallest absolute Gasteiger partial charge is 0.339 e. The molecular formula is C16H18O3S. The Morgan fingerprint density at radius 2 is 1.35 bits per heavy atom. The van der Waals surface area contributed by atoms with Crippen molar-refractivity contribution >= 4 is 10.1 Å². The highest BCUT2D eigenvalue weighted by Crippen LogP contribution is 2.28. The molecule has 20 heavy (non-hydrogen) atoms. The van der Waals surface area contributed by atoms with Crippen molar-refractivity contribution in [2.45, 2.75) is 32.6 Å². The van der Waals surface area contributed by atoms with Gasteiger partial charge in [-0.1, -0.05) is 24.3 Å². The number of rotatable bonds is 3. The summed E-state index contributed by atoms with van der Waals surface area (Å²) in [5.74, 6) is 0.324. The van der Waals surface area contributed by atoms with Crippen molar-refractivity contribution in [2.75, 3.05) is 0 Å². The third-order valence-electron chi connectivity index (χ3n) is 3.50. The molecule has 0 aliphatic rings. The predicted octanol–water partition coefficient (Wildman–Crippen LogP) is 3.69. The molecule has 0 spiro atoms. The van der Waals surface area contributed by atoms with Crippen LogP contribution in [0.2, 0.25) is 0 Å². The van der Waals surface area contributed by atoms with Gasteiger partial charge in [0.1, 0.15) is 10.6 Å². The number of aryl methyl sites for hydroxylation is 2. The van der Waals surface area contributed by atoms with Crippen LogP contribution >= 0.6 is 0 Å². The minimum absolute atomic E-state index is 0.277. The summed E-state index contributed by atoms with van der Waals surface area (Å²) in [6, 6.07) is 10.5. The summed E-state index contributed by atoms with van der Waals surface area (Å²) >= 11 is 0. The summed E-state index contributed by atoms with van der Waals surface area (Å²) in [4.78, 5) is 0.277. The Labute approximate surface area is 120 Å². The van der Waals surface area contributed by atoms with Crippen LogP contribution in [0.25, 0.3) is 0 Å². The van der Waals surface area contributed by atoms with Crippen LogP contribution in [0, 0.1) is 27.7 Å². The van der Waals surface area contributed by atoms with Crippen molar-refractivity contribution in [1.29, 1.82) is 0 Å². The lowest BCUT2D eigenvalue weighted by atomic mass is 10.0. The van der Waals surface area contributed by atoms with Crippen LogP contribution in [0.3, 0.4) is 0 Å². The maximum Gasteiger partial charge on any atom is 0.339 e. The average Bonchev–Trinajstić information content (AvgIpc) is 2.37. The van der Waals surface area contributed by atoms with Gasteiger partial charge in [0.2, 0.25) is 0 Å². The highest BCUT2D eigenvalue weighted by Gasteiger charge is 2.24. The Bertz CT molecular complexity index is 706. The lowest BCUT2D eigenvalue weighted by Crippen LogP contribution is -2.14. The molecule has 0 saturated carbocycles. The van der Waals surface area contributed by atoms with Gasteiger partial charge >= 0.3 is 10.1 Å². The number of benzene rings is 2. The monoisotopic (exact) mass is 290 g/mol. The van der Waals surface area contributed by atoms with E-state index in [2.05, 4.69) is 0 Å². The van der Waals surface area contributed by atoms with Gasteiger partial charge < -0.3 is 4.18 Å². The summed E-state index contributed by atoms with van der Waals surface area (Å²) in [5, 5.41) is 0. The molecule has 0 radical (unpaired) electrons. The Balaban J connectivity index is 2.56. The quantitative estimate of drug-likeness (QED) is 0.810. The van der Waals surface area contributed by atoms with Gasteiger partial charge in [0.25, 0.3) is 0 Å². The minimum Gasteiger partial charge on any atom is -0.379 e. The Morgan fingerprint density at radius 3 is 1.85 bits per heavy atom. The van der Waals surface area contributed by atoms with E-state index in [1.165, 1.54) is 0 Å². The molecule has 0 N–H and O–H groups in total. The molecule has 2 aromatic carbocycles. The first kappa shape index (κ1) is 14.6. The molecule has 106 valence electrons. The zero-order valence-electron chi connectivity index (χ0n) is 12.1.